The highest BCUT2D eigenvalue weighted by Crippen LogP contribution is 2.38. The number of aryl methyl sites for hydroxylation is 2. The van der Waals surface area contributed by atoms with Crippen molar-refractivity contribution in [3.05, 3.63) is 52.4 Å². The molecule has 27 heavy (non-hydrogen) atoms. The maximum atomic E-state index is 12.9. The van der Waals surface area contributed by atoms with E-state index in [9.17, 15) is 9.18 Å². The molecule has 1 aliphatic rings. The van der Waals surface area contributed by atoms with Gasteiger partial charge in [0.1, 0.15) is 17.0 Å². The topological polar surface area (TPSA) is 64.1 Å². The van der Waals surface area contributed by atoms with Crippen LogP contribution in [0.1, 0.15) is 28.8 Å². The minimum atomic E-state index is -0.261. The van der Waals surface area contributed by atoms with Gasteiger partial charge in [0.05, 0.1) is 5.39 Å². The summed E-state index contributed by atoms with van der Waals surface area (Å²) < 4.78 is 18.6. The number of carbonyl (C=O) groups is 1. The Morgan fingerprint density at radius 2 is 2.00 bits per heavy atom. The molecule has 2 aromatic heterocycles. The molecule has 0 atom stereocenters. The molecule has 140 valence electrons. The summed E-state index contributed by atoms with van der Waals surface area (Å²) in [6.45, 7) is 0.390. The number of nitrogens with one attached hydrogen (secondary N) is 1. The first-order valence-electron chi connectivity index (χ1n) is 9.10. The molecule has 0 saturated carbocycles. The van der Waals surface area contributed by atoms with E-state index in [4.69, 9.17) is 4.74 Å². The first kappa shape index (κ1) is 17.9. The highest BCUT2D eigenvalue weighted by molar-refractivity contribution is 7.18. The fourth-order valence-electron chi connectivity index (χ4n) is 3.35. The summed E-state index contributed by atoms with van der Waals surface area (Å²) in [5, 5.41) is 3.79. The molecule has 4 rings (SSSR count). The average molecular weight is 385 g/mol. The molecule has 7 heteroatoms. The standard InChI is InChI=1S/C20H20FN3O2S/c21-14-7-5-13(6-8-14)9-10-22-17(25)11-26-19-18-15-3-1-2-4-16(15)27-20(18)24-12-23-19/h5-8,12H,1-4,9-11H2,(H,22,25). The van der Waals surface area contributed by atoms with Gasteiger partial charge in [0, 0.05) is 11.4 Å². The van der Waals surface area contributed by atoms with Gasteiger partial charge >= 0.3 is 0 Å². The predicted octanol–water partition coefficient (Wildman–Crippen LogP) is 3.45. The Kier molecular flexibility index (Phi) is 5.29. The van der Waals surface area contributed by atoms with Crippen LogP contribution in [0.2, 0.25) is 0 Å². The second-order valence-electron chi connectivity index (χ2n) is 6.58. The van der Waals surface area contributed by atoms with E-state index >= 15 is 0 Å². The summed E-state index contributed by atoms with van der Waals surface area (Å²) in [5.74, 6) is 0.0315. The van der Waals surface area contributed by atoms with Gasteiger partial charge in [-0.1, -0.05) is 12.1 Å². The van der Waals surface area contributed by atoms with Gasteiger partial charge in [-0.05, 0) is 55.4 Å². The molecule has 1 aromatic carbocycles. The van der Waals surface area contributed by atoms with E-state index in [1.165, 1.54) is 35.3 Å². The Morgan fingerprint density at radius 3 is 2.85 bits per heavy atom. The fourth-order valence-corrected chi connectivity index (χ4v) is 4.57. The van der Waals surface area contributed by atoms with E-state index in [0.29, 0.717) is 18.8 Å². The van der Waals surface area contributed by atoms with E-state index in [1.807, 2.05) is 0 Å². The minimum absolute atomic E-state index is 0.0832. The molecule has 1 amide bonds. The number of amides is 1. The van der Waals surface area contributed by atoms with Crippen molar-refractivity contribution in [2.75, 3.05) is 13.2 Å². The summed E-state index contributed by atoms with van der Waals surface area (Å²) in [5.41, 5.74) is 2.26. The van der Waals surface area contributed by atoms with Crippen molar-refractivity contribution < 1.29 is 13.9 Å². The number of nitrogens with zero attached hydrogens (tertiary/aromatic N) is 2. The molecule has 0 radical (unpaired) electrons. The number of fused-ring (bicyclic) bond motifs is 3. The molecule has 2 heterocycles. The summed E-state index contributed by atoms with van der Waals surface area (Å²) in [7, 11) is 0. The number of hydrogen-bond acceptors (Lipinski definition) is 5. The van der Waals surface area contributed by atoms with E-state index in [0.717, 1.165) is 35.0 Å². The number of hydrogen-bond donors (Lipinski definition) is 1. The number of aromatic nitrogens is 2. The first-order valence-corrected chi connectivity index (χ1v) is 9.91. The third-order valence-corrected chi connectivity index (χ3v) is 5.91. The maximum absolute atomic E-state index is 12.9. The lowest BCUT2D eigenvalue weighted by Crippen LogP contribution is -2.30. The minimum Gasteiger partial charge on any atom is -0.467 e. The van der Waals surface area contributed by atoms with Crippen LogP contribution in [-0.4, -0.2) is 29.0 Å². The Hall–Kier alpha value is -2.54. The molecule has 3 aromatic rings. The van der Waals surface area contributed by atoms with Gasteiger partial charge in [0.2, 0.25) is 5.88 Å². The molecule has 0 bridgehead atoms. The van der Waals surface area contributed by atoms with Gasteiger partial charge in [-0.2, -0.15) is 0 Å². The second kappa shape index (κ2) is 8.00. The SMILES string of the molecule is O=C(COc1ncnc2sc3c(c12)CCCC3)NCCc1ccc(F)cc1. The third kappa shape index (κ3) is 4.08. The largest absolute Gasteiger partial charge is 0.467 e. The van der Waals surface area contributed by atoms with Crippen LogP contribution in [0.5, 0.6) is 5.88 Å². The molecular formula is C20H20FN3O2S. The van der Waals surface area contributed by atoms with Crippen molar-refractivity contribution in [2.45, 2.75) is 32.1 Å². The molecule has 0 unspecified atom stereocenters. The summed E-state index contributed by atoms with van der Waals surface area (Å²) in [6, 6.07) is 6.27. The second-order valence-corrected chi connectivity index (χ2v) is 7.67. The molecule has 0 fully saturated rings. The van der Waals surface area contributed by atoms with Gasteiger partial charge in [-0.15, -0.1) is 11.3 Å². The number of carbonyl (C=O) groups excluding carboxylic acids is 1. The smallest absolute Gasteiger partial charge is 0.258 e. The van der Waals surface area contributed by atoms with Crippen molar-refractivity contribution in [2.24, 2.45) is 0 Å². The lowest BCUT2D eigenvalue weighted by molar-refractivity contribution is -0.123. The van der Waals surface area contributed by atoms with Crippen LogP contribution >= 0.6 is 11.3 Å². The van der Waals surface area contributed by atoms with E-state index in [2.05, 4.69) is 15.3 Å². The lowest BCUT2D eigenvalue weighted by Gasteiger charge is -2.12. The van der Waals surface area contributed by atoms with Crippen molar-refractivity contribution in [1.82, 2.24) is 15.3 Å². The van der Waals surface area contributed by atoms with Gasteiger partial charge in [0.25, 0.3) is 5.91 Å². The first-order chi connectivity index (χ1) is 13.2. The molecule has 5 nitrogen and oxygen atoms in total. The van der Waals surface area contributed by atoms with Crippen LogP contribution < -0.4 is 10.1 Å². The van der Waals surface area contributed by atoms with E-state index in [1.54, 1.807) is 23.5 Å². The van der Waals surface area contributed by atoms with Crippen molar-refractivity contribution in [3.8, 4) is 5.88 Å². The van der Waals surface area contributed by atoms with Crippen LogP contribution in [0, 0.1) is 5.82 Å². The van der Waals surface area contributed by atoms with Crippen LogP contribution in [0.3, 0.4) is 0 Å². The molecular weight excluding hydrogens is 365 g/mol. The monoisotopic (exact) mass is 385 g/mol. The molecule has 0 spiro atoms. The summed E-state index contributed by atoms with van der Waals surface area (Å²) in [6.07, 6.45) is 6.60. The predicted molar refractivity (Wildman–Crippen MR) is 103 cm³/mol. The van der Waals surface area contributed by atoms with Gasteiger partial charge in [0.15, 0.2) is 6.61 Å². The maximum Gasteiger partial charge on any atom is 0.258 e. The zero-order valence-corrected chi connectivity index (χ0v) is 15.7. The number of ether oxygens (including phenoxy) is 1. The molecule has 0 aliphatic heterocycles. The number of thiophene rings is 1. The quantitative estimate of drug-likeness (QED) is 0.706. The zero-order valence-electron chi connectivity index (χ0n) is 14.8. The number of halogens is 1. The summed E-state index contributed by atoms with van der Waals surface area (Å²) in [4.78, 5) is 23.0. The molecule has 1 aliphatic carbocycles. The Labute approximate surface area is 160 Å². The molecule has 0 saturated heterocycles. The Morgan fingerprint density at radius 1 is 1.19 bits per heavy atom. The third-order valence-electron chi connectivity index (χ3n) is 4.71. The average Bonchev–Trinajstić information content (AvgIpc) is 3.07. The molecule has 1 N–H and O–H groups in total. The van der Waals surface area contributed by atoms with Gasteiger partial charge < -0.3 is 10.1 Å². The lowest BCUT2D eigenvalue weighted by atomic mass is 9.97. The number of benzene rings is 1. The van der Waals surface area contributed by atoms with Gasteiger partial charge in [-0.3, -0.25) is 4.79 Å². The summed E-state index contributed by atoms with van der Waals surface area (Å²) >= 11 is 1.70. The van der Waals surface area contributed by atoms with Crippen molar-refractivity contribution >= 4 is 27.5 Å². The highest BCUT2D eigenvalue weighted by Gasteiger charge is 2.20. The zero-order chi connectivity index (χ0) is 18.6. The van der Waals surface area contributed by atoms with E-state index in [-0.39, 0.29) is 18.3 Å². The van der Waals surface area contributed by atoms with Crippen LogP contribution in [-0.2, 0) is 24.1 Å². The van der Waals surface area contributed by atoms with Crippen LogP contribution in [0.25, 0.3) is 10.2 Å². The van der Waals surface area contributed by atoms with E-state index < -0.39 is 0 Å². The fraction of sp³-hybridized carbons (Fsp3) is 0.350. The normalized spacial score (nSPS) is 13.4. The number of rotatable bonds is 6. The Bertz CT molecular complexity index is 956. The van der Waals surface area contributed by atoms with Gasteiger partial charge in [-0.25, -0.2) is 14.4 Å². The van der Waals surface area contributed by atoms with Crippen LogP contribution in [0.4, 0.5) is 4.39 Å². The highest BCUT2D eigenvalue weighted by atomic mass is 32.1. The van der Waals surface area contributed by atoms with Crippen molar-refractivity contribution in [3.63, 3.8) is 0 Å². The Balaban J connectivity index is 1.35. The van der Waals surface area contributed by atoms with Crippen molar-refractivity contribution in [1.29, 1.82) is 0 Å². The van der Waals surface area contributed by atoms with Crippen LogP contribution in [0.15, 0.2) is 30.6 Å².